The SMILES string of the molecule is CC(C)CC(CC(=O)NO)C(=O)N1CCC[C@H]1C(=O)N[C@@H](Cc1ccccc1)C(=O)NCC(=O)NCC(=O)N[C@@H](CCCCNC(=O)CCCC[C@@H]1SC[C@@H]2NC(=O)N[C@@H]21)C(N)=O. The van der Waals surface area contributed by atoms with E-state index < -0.39 is 78.5 Å². The maximum absolute atomic E-state index is 13.7. The number of rotatable bonds is 26. The monoisotopic (exact) mass is 900 g/mol. The molecule has 21 heteroatoms. The average Bonchev–Trinajstić information content (AvgIpc) is 3.99. The number of amides is 10. The number of thioether (sulfide) groups is 1. The number of nitrogens with two attached hydrogens (primary N) is 1. The lowest BCUT2D eigenvalue weighted by molar-refractivity contribution is -0.145. The van der Waals surface area contributed by atoms with Gasteiger partial charge in [-0.2, -0.15) is 11.8 Å². The largest absolute Gasteiger partial charge is 0.368 e. The zero-order chi connectivity index (χ0) is 45.9. The van der Waals surface area contributed by atoms with Crippen LogP contribution in [0.4, 0.5) is 4.79 Å². The molecule has 3 fully saturated rings. The van der Waals surface area contributed by atoms with Gasteiger partial charge in [0.25, 0.3) is 0 Å². The van der Waals surface area contributed by atoms with Gasteiger partial charge in [0.2, 0.25) is 47.3 Å². The number of primary amides is 1. The Morgan fingerprint density at radius 1 is 0.873 bits per heavy atom. The number of likely N-dealkylation sites (tertiary alicyclic amines) is 1. The van der Waals surface area contributed by atoms with Gasteiger partial charge in [-0.05, 0) is 62.8 Å². The van der Waals surface area contributed by atoms with Crippen molar-refractivity contribution >= 4 is 65.1 Å². The van der Waals surface area contributed by atoms with Gasteiger partial charge in [0.1, 0.15) is 18.1 Å². The molecule has 20 nitrogen and oxygen atoms in total. The molecule has 0 saturated carbocycles. The molecule has 348 valence electrons. The topological polar surface area (TPSA) is 299 Å². The molecule has 4 rings (SSSR count). The second kappa shape index (κ2) is 25.6. The van der Waals surface area contributed by atoms with E-state index in [1.54, 1.807) is 35.8 Å². The van der Waals surface area contributed by atoms with E-state index >= 15 is 0 Å². The summed E-state index contributed by atoms with van der Waals surface area (Å²) in [6.45, 7) is 3.42. The maximum Gasteiger partial charge on any atom is 0.315 e. The molecule has 0 spiro atoms. The van der Waals surface area contributed by atoms with Crippen molar-refractivity contribution in [2.24, 2.45) is 17.6 Å². The van der Waals surface area contributed by atoms with Gasteiger partial charge >= 0.3 is 6.03 Å². The van der Waals surface area contributed by atoms with Gasteiger partial charge in [-0.25, -0.2) is 10.3 Å². The van der Waals surface area contributed by atoms with Crippen molar-refractivity contribution in [3.8, 4) is 0 Å². The van der Waals surface area contributed by atoms with Gasteiger partial charge in [0.15, 0.2) is 0 Å². The highest BCUT2D eigenvalue weighted by molar-refractivity contribution is 8.00. The minimum absolute atomic E-state index is 0.0571. The molecular formula is C42H64N10O10S. The molecule has 3 aliphatic heterocycles. The number of hydroxylamine groups is 1. The van der Waals surface area contributed by atoms with Crippen molar-refractivity contribution in [1.29, 1.82) is 0 Å². The van der Waals surface area contributed by atoms with Crippen LogP contribution in [0.15, 0.2) is 30.3 Å². The van der Waals surface area contributed by atoms with Crippen molar-refractivity contribution < 1.29 is 48.4 Å². The van der Waals surface area contributed by atoms with Crippen LogP contribution in [0.2, 0.25) is 0 Å². The highest BCUT2D eigenvalue weighted by Gasteiger charge is 2.43. The molecule has 3 heterocycles. The fraction of sp³-hybridized carbons (Fsp3) is 0.643. The molecule has 1 aromatic carbocycles. The van der Waals surface area contributed by atoms with E-state index in [0.717, 1.165) is 30.6 Å². The fourth-order valence-corrected chi connectivity index (χ4v) is 9.64. The molecule has 3 saturated heterocycles. The molecule has 1 aromatic rings. The standard InChI is InChI=1S/C42H64N10O10S/c1-25(2)19-27(21-34(54)51-62)41(60)52-18-10-14-31(52)40(59)48-29(20-26-11-4-3-5-12-26)39(58)46-22-35(55)45-23-36(56)47-28(38(43)57)13-8-9-17-44-33(53)16-7-6-15-32-37-30(24-63-32)49-42(61)50-37/h3-5,11-12,25,27-32,37,62H,6-10,13-24H2,1-2H3,(H2,43,57)(H,44,53)(H,45,55)(H,46,58)(H,47,56)(H,48,59)(H,51,54)(H2,49,50,61)/t27?,28-,29-,30-,31-,32-,37-/m0/s1. The first-order valence-electron chi connectivity index (χ1n) is 21.8. The lowest BCUT2D eigenvalue weighted by Gasteiger charge is -2.30. The smallest absolute Gasteiger partial charge is 0.315 e. The normalized spacial score (nSPS) is 20.3. The first-order chi connectivity index (χ1) is 30.1. The number of fused-ring (bicyclic) bond motifs is 1. The number of nitrogens with zero attached hydrogens (tertiary/aromatic N) is 1. The lowest BCUT2D eigenvalue weighted by Crippen LogP contribution is -2.55. The van der Waals surface area contributed by atoms with Crippen LogP contribution in [-0.4, -0.2) is 131 Å². The Bertz CT molecular complexity index is 1770. The Hall–Kier alpha value is -5.44. The number of unbranched alkanes of at least 4 members (excludes halogenated alkanes) is 2. The molecule has 63 heavy (non-hydrogen) atoms. The Kier molecular flexibility index (Phi) is 20.4. The molecule has 0 bridgehead atoms. The van der Waals surface area contributed by atoms with Crippen LogP contribution in [0.3, 0.4) is 0 Å². The predicted octanol–water partition coefficient (Wildman–Crippen LogP) is -0.522. The third-order valence-corrected chi connectivity index (χ3v) is 12.8. The van der Waals surface area contributed by atoms with E-state index in [2.05, 4.69) is 37.2 Å². The number of carbonyl (C=O) groups excluding carboxylic acids is 9. The van der Waals surface area contributed by atoms with Crippen molar-refractivity contribution in [2.45, 2.75) is 126 Å². The van der Waals surface area contributed by atoms with Crippen LogP contribution in [0.5, 0.6) is 0 Å². The molecular weight excluding hydrogens is 837 g/mol. The Labute approximate surface area is 371 Å². The van der Waals surface area contributed by atoms with E-state index in [0.29, 0.717) is 50.3 Å². The molecule has 0 aliphatic carbocycles. The van der Waals surface area contributed by atoms with Crippen molar-refractivity contribution in [3.63, 3.8) is 0 Å². The molecule has 11 N–H and O–H groups in total. The predicted molar refractivity (Wildman–Crippen MR) is 232 cm³/mol. The summed E-state index contributed by atoms with van der Waals surface area (Å²) in [7, 11) is 0. The van der Waals surface area contributed by atoms with Crippen molar-refractivity contribution in [2.75, 3.05) is 31.9 Å². The van der Waals surface area contributed by atoms with Crippen molar-refractivity contribution in [1.82, 2.24) is 47.6 Å². The highest BCUT2D eigenvalue weighted by atomic mass is 32.2. The summed E-state index contributed by atoms with van der Waals surface area (Å²) in [5.41, 5.74) is 7.80. The third-order valence-electron chi connectivity index (χ3n) is 11.3. The van der Waals surface area contributed by atoms with Gasteiger partial charge in [0, 0.05) is 49.3 Å². The zero-order valence-electron chi connectivity index (χ0n) is 36.1. The Balaban J connectivity index is 1.16. The number of benzene rings is 1. The molecule has 7 atom stereocenters. The summed E-state index contributed by atoms with van der Waals surface area (Å²) >= 11 is 1.84. The molecule has 1 unspecified atom stereocenters. The first-order valence-corrected chi connectivity index (χ1v) is 22.9. The van der Waals surface area contributed by atoms with Gasteiger partial charge in [0.05, 0.1) is 25.2 Å². The summed E-state index contributed by atoms with van der Waals surface area (Å²) < 4.78 is 0. The maximum atomic E-state index is 13.7. The van der Waals surface area contributed by atoms with E-state index in [1.807, 2.05) is 25.6 Å². The summed E-state index contributed by atoms with van der Waals surface area (Å²) in [4.78, 5) is 115. The van der Waals surface area contributed by atoms with Gasteiger partial charge in [-0.3, -0.25) is 43.6 Å². The molecule has 10 amide bonds. The van der Waals surface area contributed by atoms with Crippen LogP contribution in [0, 0.1) is 11.8 Å². The summed E-state index contributed by atoms with van der Waals surface area (Å²) in [5.74, 6) is -4.39. The summed E-state index contributed by atoms with van der Waals surface area (Å²) in [6, 6.07) is 6.04. The number of carbonyl (C=O) groups is 9. The van der Waals surface area contributed by atoms with E-state index in [1.165, 1.54) is 4.90 Å². The van der Waals surface area contributed by atoms with Gasteiger partial charge in [-0.1, -0.05) is 50.6 Å². The first kappa shape index (κ1) is 50.2. The van der Waals surface area contributed by atoms with Crippen molar-refractivity contribution in [3.05, 3.63) is 35.9 Å². The lowest BCUT2D eigenvalue weighted by atomic mass is 9.92. The Morgan fingerprint density at radius 3 is 2.33 bits per heavy atom. The van der Waals surface area contributed by atoms with Gasteiger partial charge < -0.3 is 47.9 Å². The summed E-state index contributed by atoms with van der Waals surface area (Å²) in [5, 5.41) is 28.3. The van der Waals surface area contributed by atoms with Crippen LogP contribution < -0.4 is 48.4 Å². The van der Waals surface area contributed by atoms with Crippen LogP contribution in [-0.2, 0) is 44.8 Å². The van der Waals surface area contributed by atoms with Crippen LogP contribution in [0.1, 0.15) is 90.0 Å². The highest BCUT2D eigenvalue weighted by Crippen LogP contribution is 2.33. The number of hydrogen-bond donors (Lipinski definition) is 10. The third kappa shape index (κ3) is 16.6. The minimum atomic E-state index is -1.14. The van der Waals surface area contributed by atoms with E-state index in [-0.39, 0.29) is 55.7 Å². The van der Waals surface area contributed by atoms with Crippen LogP contribution in [0.25, 0.3) is 0 Å². The number of nitrogens with one attached hydrogen (secondary N) is 8. The fourth-order valence-electron chi connectivity index (χ4n) is 8.10. The second-order valence-electron chi connectivity index (χ2n) is 16.7. The second-order valence-corrected chi connectivity index (χ2v) is 18.0. The molecule has 3 aliphatic rings. The number of hydrogen-bond acceptors (Lipinski definition) is 11. The van der Waals surface area contributed by atoms with Gasteiger partial charge in [-0.15, -0.1) is 0 Å². The zero-order valence-corrected chi connectivity index (χ0v) is 36.9. The quantitative estimate of drug-likeness (QED) is 0.0244. The van der Waals surface area contributed by atoms with E-state index in [9.17, 15) is 43.2 Å². The molecule has 0 aromatic heterocycles. The van der Waals surface area contributed by atoms with E-state index in [4.69, 9.17) is 10.9 Å². The molecule has 0 radical (unpaired) electrons. The minimum Gasteiger partial charge on any atom is -0.368 e. The summed E-state index contributed by atoms with van der Waals surface area (Å²) in [6.07, 6.45) is 5.19. The van der Waals surface area contributed by atoms with Crippen LogP contribution >= 0.6 is 11.8 Å². The Morgan fingerprint density at radius 2 is 1.62 bits per heavy atom. The average molecular weight is 901 g/mol. The number of urea groups is 1.